The number of hydrogen-bond donors (Lipinski definition) is 4. The Morgan fingerprint density at radius 1 is 0.594 bits per heavy atom. The summed E-state index contributed by atoms with van der Waals surface area (Å²) in [5.74, 6) is -1.72. The topological polar surface area (TPSA) is 98.7 Å². The summed E-state index contributed by atoms with van der Waals surface area (Å²) in [5, 5.41) is 25.0. The smallest absolute Gasteiger partial charge is 0.325 e. The van der Waals surface area contributed by atoms with Gasteiger partial charge >= 0.3 is 11.9 Å². The maximum Gasteiger partial charge on any atom is 0.325 e. The molecule has 0 radical (unpaired) electrons. The van der Waals surface area contributed by atoms with Gasteiger partial charge in [0.25, 0.3) is 0 Å². The molecule has 178 valence electrons. The molecular formula is C24H34Br2N2O4. The van der Waals surface area contributed by atoms with Gasteiger partial charge in [-0.15, -0.1) is 34.0 Å². The number of carboxylic acids is 2. The average Bonchev–Trinajstić information content (AvgIpc) is 2.75. The second kappa shape index (κ2) is 17.8. The van der Waals surface area contributed by atoms with E-state index in [0.717, 1.165) is 49.7 Å². The Balaban J connectivity index is 0.00000480. The number of carboxylic acid groups (broad SMARTS) is 2. The summed E-state index contributed by atoms with van der Waals surface area (Å²) < 4.78 is 0. The van der Waals surface area contributed by atoms with Gasteiger partial charge in [-0.05, 0) is 37.1 Å². The molecule has 32 heavy (non-hydrogen) atoms. The number of benzene rings is 2. The first-order chi connectivity index (χ1) is 14.6. The second-order valence-electron chi connectivity index (χ2n) is 7.39. The van der Waals surface area contributed by atoms with Crippen molar-refractivity contribution >= 4 is 45.9 Å². The zero-order chi connectivity index (χ0) is 21.6. The summed E-state index contributed by atoms with van der Waals surface area (Å²) in [6.45, 7) is 1.34. The second-order valence-corrected chi connectivity index (χ2v) is 7.39. The van der Waals surface area contributed by atoms with E-state index in [-0.39, 0.29) is 34.0 Å². The van der Waals surface area contributed by atoms with Gasteiger partial charge in [0.15, 0.2) is 0 Å². The standard InChI is InChI=1S/C24H32N2O4.2BrH/c27-23(28)21(19-13-7-5-8-14-19)25-17-11-3-1-2-4-12-18-26-22(24(29)30)20-15-9-6-10-16-20;;/h5-10,13-16,21-22,25-26H,1-4,11-12,17-18H2,(H,27,28)(H,29,30);2*1H. The van der Waals surface area contributed by atoms with Crippen molar-refractivity contribution in [2.24, 2.45) is 0 Å². The van der Waals surface area contributed by atoms with Crippen LogP contribution in [-0.4, -0.2) is 35.2 Å². The highest BCUT2D eigenvalue weighted by Gasteiger charge is 2.19. The van der Waals surface area contributed by atoms with Gasteiger partial charge in [-0.25, -0.2) is 0 Å². The maximum atomic E-state index is 11.4. The van der Waals surface area contributed by atoms with E-state index in [9.17, 15) is 19.8 Å². The van der Waals surface area contributed by atoms with E-state index < -0.39 is 24.0 Å². The van der Waals surface area contributed by atoms with Crippen LogP contribution in [0.3, 0.4) is 0 Å². The fourth-order valence-corrected chi connectivity index (χ4v) is 3.44. The molecule has 0 saturated heterocycles. The van der Waals surface area contributed by atoms with E-state index in [1.165, 1.54) is 0 Å². The lowest BCUT2D eigenvalue weighted by molar-refractivity contribution is -0.140. The molecule has 0 aromatic heterocycles. The molecule has 0 spiro atoms. The zero-order valence-electron chi connectivity index (χ0n) is 18.1. The molecule has 2 unspecified atom stereocenters. The highest BCUT2D eigenvalue weighted by molar-refractivity contribution is 8.93. The Morgan fingerprint density at radius 3 is 1.22 bits per heavy atom. The van der Waals surface area contributed by atoms with Crippen LogP contribution in [0.15, 0.2) is 60.7 Å². The predicted molar refractivity (Wildman–Crippen MR) is 138 cm³/mol. The molecule has 0 aliphatic carbocycles. The van der Waals surface area contributed by atoms with Crippen molar-refractivity contribution in [3.63, 3.8) is 0 Å². The fourth-order valence-electron chi connectivity index (χ4n) is 3.44. The normalized spacial score (nSPS) is 12.1. The van der Waals surface area contributed by atoms with E-state index in [0.29, 0.717) is 13.1 Å². The van der Waals surface area contributed by atoms with Crippen LogP contribution in [0.2, 0.25) is 0 Å². The van der Waals surface area contributed by atoms with Crippen LogP contribution in [0.5, 0.6) is 0 Å². The molecule has 0 fully saturated rings. The van der Waals surface area contributed by atoms with Gasteiger partial charge in [-0.1, -0.05) is 86.3 Å². The molecule has 2 atom stereocenters. The average molecular weight is 574 g/mol. The van der Waals surface area contributed by atoms with Crippen LogP contribution >= 0.6 is 34.0 Å². The highest BCUT2D eigenvalue weighted by atomic mass is 79.9. The maximum absolute atomic E-state index is 11.4. The summed E-state index contributed by atoms with van der Waals surface area (Å²) in [7, 11) is 0. The van der Waals surface area contributed by atoms with E-state index in [1.807, 2.05) is 60.7 Å². The highest BCUT2D eigenvalue weighted by Crippen LogP contribution is 2.14. The van der Waals surface area contributed by atoms with E-state index in [4.69, 9.17) is 0 Å². The molecule has 6 nitrogen and oxygen atoms in total. The number of carbonyl (C=O) groups is 2. The van der Waals surface area contributed by atoms with Crippen LogP contribution in [0.1, 0.15) is 61.7 Å². The van der Waals surface area contributed by atoms with Crippen molar-refractivity contribution in [1.29, 1.82) is 0 Å². The number of rotatable bonds is 15. The SMILES string of the molecule is Br.Br.O=C(O)C(NCCCCCCCCNC(C(=O)O)c1ccccc1)c1ccccc1. The molecule has 0 heterocycles. The first-order valence-electron chi connectivity index (χ1n) is 10.6. The lowest BCUT2D eigenvalue weighted by atomic mass is 10.1. The molecule has 2 aromatic carbocycles. The molecule has 8 heteroatoms. The van der Waals surface area contributed by atoms with Crippen LogP contribution in [0.25, 0.3) is 0 Å². The number of nitrogens with one attached hydrogen (secondary N) is 2. The van der Waals surface area contributed by atoms with Crippen LogP contribution in [0.4, 0.5) is 0 Å². The van der Waals surface area contributed by atoms with Crippen molar-refractivity contribution in [3.05, 3.63) is 71.8 Å². The van der Waals surface area contributed by atoms with Gasteiger partial charge in [0, 0.05) is 0 Å². The molecule has 2 rings (SSSR count). The Kier molecular flexibility index (Phi) is 16.8. The van der Waals surface area contributed by atoms with Gasteiger partial charge < -0.3 is 20.8 Å². The largest absolute Gasteiger partial charge is 0.480 e. The lowest BCUT2D eigenvalue weighted by Crippen LogP contribution is -2.29. The van der Waals surface area contributed by atoms with Crippen molar-refractivity contribution in [2.75, 3.05) is 13.1 Å². The summed E-state index contributed by atoms with van der Waals surface area (Å²) in [4.78, 5) is 22.9. The van der Waals surface area contributed by atoms with Crippen LogP contribution in [0, 0.1) is 0 Å². The minimum atomic E-state index is -0.858. The van der Waals surface area contributed by atoms with Gasteiger partial charge in [-0.2, -0.15) is 0 Å². The van der Waals surface area contributed by atoms with Crippen LogP contribution < -0.4 is 10.6 Å². The van der Waals surface area contributed by atoms with Gasteiger partial charge in [-0.3, -0.25) is 9.59 Å². The van der Waals surface area contributed by atoms with Crippen LogP contribution in [-0.2, 0) is 9.59 Å². The number of hydrogen-bond acceptors (Lipinski definition) is 4. The Morgan fingerprint density at radius 2 is 0.906 bits per heavy atom. The van der Waals surface area contributed by atoms with E-state index >= 15 is 0 Å². The summed E-state index contributed by atoms with van der Waals surface area (Å²) >= 11 is 0. The summed E-state index contributed by atoms with van der Waals surface area (Å²) in [5.41, 5.74) is 1.54. The molecule has 0 saturated carbocycles. The zero-order valence-corrected chi connectivity index (χ0v) is 21.5. The van der Waals surface area contributed by atoms with Crippen molar-refractivity contribution in [2.45, 2.75) is 50.6 Å². The fraction of sp³-hybridized carbons (Fsp3) is 0.417. The molecule has 4 N–H and O–H groups in total. The van der Waals surface area contributed by atoms with E-state index in [2.05, 4.69) is 10.6 Å². The lowest BCUT2D eigenvalue weighted by Gasteiger charge is -2.15. The number of halogens is 2. The monoisotopic (exact) mass is 572 g/mol. The third-order valence-electron chi connectivity index (χ3n) is 5.06. The first kappa shape index (κ1) is 30.3. The third kappa shape index (κ3) is 11.2. The molecular weight excluding hydrogens is 540 g/mol. The molecule has 0 amide bonds. The quantitative estimate of drug-likeness (QED) is 0.215. The van der Waals surface area contributed by atoms with Gasteiger partial charge in [0.1, 0.15) is 12.1 Å². The summed E-state index contributed by atoms with van der Waals surface area (Å²) in [6, 6.07) is 17.1. The summed E-state index contributed by atoms with van der Waals surface area (Å²) in [6.07, 6.45) is 6.14. The Labute approximate surface area is 211 Å². The minimum absolute atomic E-state index is 0. The molecule has 0 aliphatic heterocycles. The van der Waals surface area contributed by atoms with Crippen molar-refractivity contribution in [1.82, 2.24) is 10.6 Å². The number of unbranched alkanes of at least 4 members (excludes halogenated alkanes) is 5. The van der Waals surface area contributed by atoms with Crippen molar-refractivity contribution in [3.8, 4) is 0 Å². The minimum Gasteiger partial charge on any atom is -0.480 e. The Hall–Kier alpha value is -1.74. The molecule has 0 aliphatic rings. The molecule has 0 bridgehead atoms. The molecule has 2 aromatic rings. The van der Waals surface area contributed by atoms with E-state index in [1.54, 1.807) is 0 Å². The van der Waals surface area contributed by atoms with Gasteiger partial charge in [0.05, 0.1) is 0 Å². The van der Waals surface area contributed by atoms with Gasteiger partial charge in [0.2, 0.25) is 0 Å². The Bertz CT molecular complexity index is 698. The number of aliphatic carboxylic acids is 2. The first-order valence-corrected chi connectivity index (χ1v) is 10.6. The third-order valence-corrected chi connectivity index (χ3v) is 5.06. The van der Waals surface area contributed by atoms with Crippen molar-refractivity contribution < 1.29 is 19.8 Å². The predicted octanol–water partition coefficient (Wildman–Crippen LogP) is 5.31.